The van der Waals surface area contributed by atoms with Crippen molar-refractivity contribution in [2.45, 2.75) is 12.5 Å². The van der Waals surface area contributed by atoms with Crippen molar-refractivity contribution in [2.75, 3.05) is 4.90 Å². The van der Waals surface area contributed by atoms with Gasteiger partial charge in [-0.2, -0.15) is 0 Å². The van der Waals surface area contributed by atoms with Gasteiger partial charge in [-0.1, -0.05) is 121 Å². The maximum absolute atomic E-state index is 2.58. The molecule has 1 atom stereocenters. The molecule has 2 heteroatoms. The Balaban J connectivity index is 1.12. The number of nitrogens with zero attached hydrogens (tertiary/aromatic N) is 2. The van der Waals surface area contributed by atoms with Crippen LogP contribution in [0.1, 0.15) is 11.3 Å². The number of aromatic nitrogens is 1. The van der Waals surface area contributed by atoms with Crippen molar-refractivity contribution in [3.63, 3.8) is 0 Å². The van der Waals surface area contributed by atoms with Crippen molar-refractivity contribution in [2.24, 2.45) is 0 Å². The van der Waals surface area contributed by atoms with Crippen LogP contribution in [0.25, 0.3) is 77.2 Å². The number of anilines is 2. The number of para-hydroxylation sites is 2. The van der Waals surface area contributed by atoms with Crippen molar-refractivity contribution in [1.29, 1.82) is 0 Å². The first-order valence-corrected chi connectivity index (χ1v) is 17.5. The van der Waals surface area contributed by atoms with E-state index in [1.165, 1.54) is 93.8 Å². The van der Waals surface area contributed by atoms with E-state index in [4.69, 9.17) is 0 Å². The maximum atomic E-state index is 2.58. The fraction of sp³-hybridized carbons (Fsp3) is 0.0417. The molecule has 234 valence electrons. The predicted molar refractivity (Wildman–Crippen MR) is 212 cm³/mol. The van der Waals surface area contributed by atoms with E-state index in [1.54, 1.807) is 0 Å². The van der Waals surface area contributed by atoms with Gasteiger partial charge in [-0.25, -0.2) is 0 Å². The van der Waals surface area contributed by atoms with E-state index in [1.807, 2.05) is 0 Å². The molecule has 8 aromatic carbocycles. The van der Waals surface area contributed by atoms with Crippen LogP contribution in [0.3, 0.4) is 0 Å². The van der Waals surface area contributed by atoms with Gasteiger partial charge in [0.15, 0.2) is 0 Å². The molecule has 2 aliphatic rings. The fourth-order valence-corrected chi connectivity index (χ4v) is 8.84. The number of hydrogen-bond acceptors (Lipinski definition) is 1. The number of hydrogen-bond donors (Lipinski definition) is 0. The second-order valence-corrected chi connectivity index (χ2v) is 13.7. The van der Waals surface area contributed by atoms with Gasteiger partial charge < -0.3 is 9.47 Å². The quantitative estimate of drug-likeness (QED) is 0.175. The van der Waals surface area contributed by atoms with Crippen molar-refractivity contribution in [1.82, 2.24) is 4.57 Å². The fourth-order valence-electron chi connectivity index (χ4n) is 8.84. The molecule has 2 nitrogen and oxygen atoms in total. The summed E-state index contributed by atoms with van der Waals surface area (Å²) >= 11 is 0. The number of fused-ring (bicyclic) bond motifs is 9. The van der Waals surface area contributed by atoms with Gasteiger partial charge in [-0.15, -0.1) is 0 Å². The third-order valence-corrected chi connectivity index (χ3v) is 11.0. The van der Waals surface area contributed by atoms with Crippen molar-refractivity contribution < 1.29 is 0 Å². The van der Waals surface area contributed by atoms with E-state index in [0.29, 0.717) is 0 Å². The summed E-state index contributed by atoms with van der Waals surface area (Å²) in [5.74, 6) is 0. The predicted octanol–water partition coefficient (Wildman–Crippen LogP) is 12.5. The summed E-state index contributed by atoms with van der Waals surface area (Å²) in [5.41, 5.74) is 12.8. The summed E-state index contributed by atoms with van der Waals surface area (Å²) in [7, 11) is 0. The maximum Gasteiger partial charge on any atom is 0.0567 e. The lowest BCUT2D eigenvalue weighted by molar-refractivity contribution is 0.767. The Hall–Kier alpha value is -6.38. The molecular formula is C48H32N2. The smallest absolute Gasteiger partial charge is 0.0567 e. The highest BCUT2D eigenvalue weighted by Crippen LogP contribution is 2.52. The zero-order valence-corrected chi connectivity index (χ0v) is 27.4. The highest BCUT2D eigenvalue weighted by Gasteiger charge is 2.30. The first kappa shape index (κ1) is 27.6. The third-order valence-electron chi connectivity index (χ3n) is 11.0. The van der Waals surface area contributed by atoms with Gasteiger partial charge in [-0.05, 0) is 121 Å². The van der Waals surface area contributed by atoms with Crippen LogP contribution in [0.4, 0.5) is 11.4 Å². The Morgan fingerprint density at radius 2 is 1.22 bits per heavy atom. The second kappa shape index (κ2) is 10.6. The minimum Gasteiger partial charge on any atom is -0.334 e. The number of rotatable bonds is 4. The van der Waals surface area contributed by atoms with Gasteiger partial charge in [0.1, 0.15) is 0 Å². The first-order chi connectivity index (χ1) is 24.8. The van der Waals surface area contributed by atoms with Crippen LogP contribution in [-0.4, -0.2) is 10.6 Å². The highest BCUT2D eigenvalue weighted by molar-refractivity contribution is 6.24. The minimum absolute atomic E-state index is 0.119. The molecule has 0 N–H and O–H groups in total. The van der Waals surface area contributed by atoms with Crippen LogP contribution in [0.5, 0.6) is 0 Å². The number of benzene rings is 8. The molecule has 0 saturated heterocycles. The third kappa shape index (κ3) is 3.96. The zero-order valence-electron chi connectivity index (χ0n) is 27.4. The topological polar surface area (TPSA) is 8.17 Å². The standard InChI is InChI=1S/C48H32N2/c1-2-15-35(16-3-1)50-45-20-9-8-18-41(45)43-29-38(24-26-46(43)50)49(36-22-21-31-11-4-5-12-32(31)28-36)37-23-25-40-42-19-10-14-34-27-33-13-6-7-17-39(33)48(47(34)42)44(40)30-37/h1-28,30,38H,29H2. The van der Waals surface area contributed by atoms with E-state index in [-0.39, 0.29) is 6.04 Å². The molecule has 0 spiro atoms. The van der Waals surface area contributed by atoms with E-state index in [0.717, 1.165) is 6.42 Å². The van der Waals surface area contributed by atoms with Gasteiger partial charge in [-0.3, -0.25) is 0 Å². The Labute approximate surface area is 290 Å². The molecule has 2 aliphatic carbocycles. The summed E-state index contributed by atoms with van der Waals surface area (Å²) in [6.07, 6.45) is 5.69. The molecular weight excluding hydrogens is 605 g/mol. The summed E-state index contributed by atoms with van der Waals surface area (Å²) in [4.78, 5) is 2.58. The van der Waals surface area contributed by atoms with E-state index < -0.39 is 0 Å². The summed E-state index contributed by atoms with van der Waals surface area (Å²) < 4.78 is 2.43. The van der Waals surface area contributed by atoms with Crippen LogP contribution in [-0.2, 0) is 6.42 Å². The summed E-state index contributed by atoms with van der Waals surface area (Å²) in [6, 6.07) is 60.5. The van der Waals surface area contributed by atoms with E-state index >= 15 is 0 Å². The minimum atomic E-state index is 0.119. The SMILES string of the molecule is C1=CC(N(c2ccc3c(c2)-c2c4ccccc4cc4cccc-3c24)c2ccc3ccccc3c2)Cc2c1n(-c1ccccc1)c1ccccc21. The largest absolute Gasteiger partial charge is 0.334 e. The molecule has 0 amide bonds. The summed E-state index contributed by atoms with van der Waals surface area (Å²) in [6.45, 7) is 0. The van der Waals surface area contributed by atoms with Crippen molar-refractivity contribution >= 4 is 60.7 Å². The van der Waals surface area contributed by atoms with Crippen LogP contribution < -0.4 is 4.90 Å². The van der Waals surface area contributed by atoms with Gasteiger partial charge in [0.25, 0.3) is 0 Å². The molecule has 1 aromatic heterocycles. The molecule has 0 radical (unpaired) electrons. The monoisotopic (exact) mass is 636 g/mol. The molecule has 50 heavy (non-hydrogen) atoms. The molecule has 0 bridgehead atoms. The Kier molecular flexibility index (Phi) is 5.82. The zero-order chi connectivity index (χ0) is 32.8. The van der Waals surface area contributed by atoms with Gasteiger partial charge in [0.2, 0.25) is 0 Å². The van der Waals surface area contributed by atoms with Crippen molar-refractivity contribution in [3.8, 4) is 27.9 Å². The lowest BCUT2D eigenvalue weighted by Gasteiger charge is -2.34. The lowest BCUT2D eigenvalue weighted by Crippen LogP contribution is -2.33. The average molecular weight is 637 g/mol. The molecule has 11 rings (SSSR count). The molecule has 1 unspecified atom stereocenters. The highest BCUT2D eigenvalue weighted by atomic mass is 15.2. The van der Waals surface area contributed by atoms with E-state index in [9.17, 15) is 0 Å². The molecule has 1 heterocycles. The van der Waals surface area contributed by atoms with Crippen LogP contribution in [0, 0.1) is 0 Å². The Morgan fingerprint density at radius 3 is 2.12 bits per heavy atom. The molecule has 0 aliphatic heterocycles. The van der Waals surface area contributed by atoms with Crippen LogP contribution >= 0.6 is 0 Å². The lowest BCUT2D eigenvalue weighted by atomic mass is 9.93. The Bertz CT molecular complexity index is 2860. The first-order valence-electron chi connectivity index (χ1n) is 17.5. The summed E-state index contributed by atoms with van der Waals surface area (Å²) in [5, 5.41) is 9.10. The van der Waals surface area contributed by atoms with E-state index in [2.05, 4.69) is 185 Å². The molecule has 0 fully saturated rings. The van der Waals surface area contributed by atoms with Crippen LogP contribution in [0.15, 0.2) is 170 Å². The Morgan fingerprint density at radius 1 is 0.500 bits per heavy atom. The molecule has 9 aromatic rings. The molecule has 0 saturated carbocycles. The van der Waals surface area contributed by atoms with Gasteiger partial charge in [0.05, 0.1) is 11.6 Å². The van der Waals surface area contributed by atoms with Gasteiger partial charge >= 0.3 is 0 Å². The van der Waals surface area contributed by atoms with Gasteiger partial charge in [0, 0.05) is 28.1 Å². The average Bonchev–Trinajstić information content (AvgIpc) is 3.69. The van der Waals surface area contributed by atoms with Crippen LogP contribution in [0.2, 0.25) is 0 Å². The normalized spacial score (nSPS) is 14.4. The van der Waals surface area contributed by atoms with Crippen molar-refractivity contribution in [3.05, 3.63) is 181 Å². The second-order valence-electron chi connectivity index (χ2n) is 13.7.